The highest BCUT2D eigenvalue weighted by molar-refractivity contribution is 6.89. The molecule has 0 N–H and O–H groups in total. The largest absolute Gasteiger partial charge is 0.146 e. The number of hydrogen-bond donors (Lipinski definition) is 0. The fourth-order valence-corrected chi connectivity index (χ4v) is 4.34. The summed E-state index contributed by atoms with van der Waals surface area (Å²) in [6.45, 7) is 2.24. The van der Waals surface area contributed by atoms with Gasteiger partial charge < -0.3 is 0 Å². The van der Waals surface area contributed by atoms with Crippen LogP contribution in [0.1, 0.15) is 26.2 Å². The predicted octanol–water partition coefficient (Wildman–Crippen LogP) is 3.58. The lowest BCUT2D eigenvalue weighted by Crippen LogP contribution is -2.40. The Hall–Kier alpha value is -1.60. The minimum atomic E-state index is -0.761. The molecular weight excluding hydrogens is 244 g/mol. The first kappa shape index (κ1) is 13.8. The van der Waals surface area contributed by atoms with Crippen LogP contribution in [0.3, 0.4) is 0 Å². The van der Waals surface area contributed by atoms with Crippen LogP contribution >= 0.6 is 0 Å². The van der Waals surface area contributed by atoms with Crippen molar-refractivity contribution in [1.82, 2.24) is 0 Å². The highest BCUT2D eigenvalue weighted by atomic mass is 28.3. The van der Waals surface area contributed by atoms with E-state index in [1.807, 2.05) is 0 Å². The molecule has 0 fully saturated rings. The van der Waals surface area contributed by atoms with Crippen LogP contribution in [0, 0.1) is 0 Å². The molecule has 0 unspecified atom stereocenters. The predicted molar refractivity (Wildman–Crippen MR) is 86.6 cm³/mol. The van der Waals surface area contributed by atoms with Crippen LogP contribution in [-0.2, 0) is 0 Å². The van der Waals surface area contributed by atoms with Gasteiger partial charge in [-0.25, -0.2) is 0 Å². The van der Waals surface area contributed by atoms with Crippen LogP contribution in [0.4, 0.5) is 0 Å². The molecule has 2 rings (SSSR count). The van der Waals surface area contributed by atoms with Gasteiger partial charge in [0.15, 0.2) is 0 Å². The minimum absolute atomic E-state index is 0.761. The average Bonchev–Trinajstić information content (AvgIpc) is 2.49. The topological polar surface area (TPSA) is 0 Å². The van der Waals surface area contributed by atoms with E-state index in [0.29, 0.717) is 0 Å². The summed E-state index contributed by atoms with van der Waals surface area (Å²) >= 11 is 0. The monoisotopic (exact) mass is 265 g/mol. The van der Waals surface area contributed by atoms with Crippen molar-refractivity contribution < 1.29 is 0 Å². The summed E-state index contributed by atoms with van der Waals surface area (Å²) in [5.41, 5.74) is 2.45. The molecule has 1 radical (unpaired) electrons. The van der Waals surface area contributed by atoms with Gasteiger partial charge in [-0.15, -0.1) is 0 Å². The first-order chi connectivity index (χ1) is 9.42. The second kappa shape index (κ2) is 7.75. The van der Waals surface area contributed by atoms with Gasteiger partial charge in [-0.2, -0.15) is 0 Å². The lowest BCUT2D eigenvalue weighted by atomic mass is 10.2. The van der Waals surface area contributed by atoms with E-state index in [9.17, 15) is 0 Å². The highest BCUT2D eigenvalue weighted by Gasteiger charge is 2.12. The summed E-state index contributed by atoms with van der Waals surface area (Å²) in [4.78, 5) is 0. The van der Waals surface area contributed by atoms with Crippen LogP contribution < -0.4 is 10.4 Å². The van der Waals surface area contributed by atoms with Crippen LogP contribution in [0.5, 0.6) is 0 Å². The zero-order chi connectivity index (χ0) is 13.3. The van der Waals surface area contributed by atoms with Crippen molar-refractivity contribution in [3.63, 3.8) is 0 Å². The summed E-state index contributed by atoms with van der Waals surface area (Å²) in [6.07, 6.45) is 6.13. The minimum Gasteiger partial charge on any atom is -0.0919 e. The maximum Gasteiger partial charge on any atom is 0.146 e. The molecule has 0 nitrogen and oxygen atoms in total. The molecule has 19 heavy (non-hydrogen) atoms. The van der Waals surface area contributed by atoms with E-state index in [1.54, 1.807) is 0 Å². The Labute approximate surface area is 118 Å². The summed E-state index contributed by atoms with van der Waals surface area (Å²) in [6, 6.07) is 21.8. The molecule has 2 aromatic rings. The van der Waals surface area contributed by atoms with Gasteiger partial charge in [0.25, 0.3) is 0 Å². The molecule has 0 saturated carbocycles. The Kier molecular flexibility index (Phi) is 5.64. The molecule has 0 aliphatic heterocycles. The number of benzene rings is 2. The zero-order valence-corrected chi connectivity index (χ0v) is 12.5. The van der Waals surface area contributed by atoms with Crippen LogP contribution in [0.15, 0.2) is 72.4 Å². The quantitative estimate of drug-likeness (QED) is 0.553. The van der Waals surface area contributed by atoms with Gasteiger partial charge in [0.05, 0.1) is 0 Å². The van der Waals surface area contributed by atoms with Crippen molar-refractivity contribution in [2.75, 3.05) is 0 Å². The molecule has 1 heteroatoms. The van der Waals surface area contributed by atoms with Crippen molar-refractivity contribution in [3.8, 4) is 0 Å². The molecule has 0 amide bonds. The summed E-state index contributed by atoms with van der Waals surface area (Å²) < 4.78 is 0. The maximum atomic E-state index is 2.45. The first-order valence-electron chi connectivity index (χ1n) is 7.06. The second-order valence-corrected chi connectivity index (χ2v) is 7.01. The van der Waals surface area contributed by atoms with Crippen molar-refractivity contribution in [2.45, 2.75) is 26.2 Å². The van der Waals surface area contributed by atoms with Gasteiger partial charge in [-0.3, -0.25) is 0 Å². The normalized spacial score (nSPS) is 11.3. The molecule has 0 spiro atoms. The summed E-state index contributed by atoms with van der Waals surface area (Å²) in [5, 5.41) is 2.93. The van der Waals surface area contributed by atoms with Crippen molar-refractivity contribution in [1.29, 1.82) is 0 Å². The van der Waals surface area contributed by atoms with Gasteiger partial charge >= 0.3 is 0 Å². The van der Waals surface area contributed by atoms with Gasteiger partial charge in [0, 0.05) is 0 Å². The van der Waals surface area contributed by atoms with E-state index in [0.717, 1.165) is 0 Å². The highest BCUT2D eigenvalue weighted by Crippen LogP contribution is 1.99. The van der Waals surface area contributed by atoms with Crippen molar-refractivity contribution in [2.24, 2.45) is 0 Å². The zero-order valence-electron chi connectivity index (χ0n) is 11.5. The Balaban J connectivity index is 2.22. The molecule has 0 aliphatic carbocycles. The maximum absolute atomic E-state index is 2.45. The summed E-state index contributed by atoms with van der Waals surface area (Å²) in [7, 11) is -0.761. The standard InChI is InChI=1S/C18H21Si/c1-2-3-4-11-16-19(17-12-7-5-8-13-17)18-14-9-6-10-15-18/h5-16H,2-4H2,1H3. The van der Waals surface area contributed by atoms with E-state index in [-0.39, 0.29) is 0 Å². The van der Waals surface area contributed by atoms with E-state index >= 15 is 0 Å². The van der Waals surface area contributed by atoms with Gasteiger partial charge in [-0.05, 0) is 6.42 Å². The average molecular weight is 265 g/mol. The van der Waals surface area contributed by atoms with Gasteiger partial charge in [0.1, 0.15) is 8.80 Å². The third kappa shape index (κ3) is 4.21. The molecule has 97 valence electrons. The smallest absolute Gasteiger partial charge is 0.0919 e. The van der Waals surface area contributed by atoms with Crippen LogP contribution in [0.25, 0.3) is 0 Å². The Morgan fingerprint density at radius 3 is 1.84 bits per heavy atom. The van der Waals surface area contributed by atoms with Crippen LogP contribution in [0.2, 0.25) is 0 Å². The fourth-order valence-electron chi connectivity index (χ4n) is 2.12. The second-order valence-electron chi connectivity index (χ2n) is 4.69. The van der Waals surface area contributed by atoms with E-state index in [2.05, 4.69) is 79.4 Å². The number of hydrogen-bond acceptors (Lipinski definition) is 0. The molecular formula is C18H21Si. The molecule has 0 saturated heterocycles. The Morgan fingerprint density at radius 2 is 1.37 bits per heavy atom. The van der Waals surface area contributed by atoms with Gasteiger partial charge in [0.2, 0.25) is 0 Å². The van der Waals surface area contributed by atoms with E-state index < -0.39 is 8.80 Å². The van der Waals surface area contributed by atoms with E-state index in [4.69, 9.17) is 0 Å². The third-order valence-electron chi connectivity index (χ3n) is 3.18. The number of unbranched alkanes of at least 4 members (excludes halogenated alkanes) is 2. The Morgan fingerprint density at radius 1 is 0.842 bits per heavy atom. The molecule has 0 aromatic heterocycles. The fraction of sp³-hybridized carbons (Fsp3) is 0.222. The first-order valence-corrected chi connectivity index (χ1v) is 8.64. The van der Waals surface area contributed by atoms with Crippen LogP contribution in [-0.4, -0.2) is 8.80 Å². The SMILES string of the molecule is CCCCC=C[Si](c1ccccc1)c1ccccc1. The molecule has 0 atom stereocenters. The lowest BCUT2D eigenvalue weighted by Gasteiger charge is -2.11. The molecule has 0 aliphatic rings. The summed E-state index contributed by atoms with van der Waals surface area (Å²) in [5.74, 6) is 0. The van der Waals surface area contributed by atoms with Gasteiger partial charge in [-0.1, -0.05) is 103 Å². The molecule has 0 bridgehead atoms. The lowest BCUT2D eigenvalue weighted by molar-refractivity contribution is 0.815. The molecule has 0 heterocycles. The Bertz CT molecular complexity index is 448. The number of rotatable bonds is 6. The van der Waals surface area contributed by atoms with Crippen molar-refractivity contribution >= 4 is 19.2 Å². The molecule has 2 aromatic carbocycles. The van der Waals surface area contributed by atoms with E-state index in [1.165, 1.54) is 29.6 Å². The third-order valence-corrected chi connectivity index (χ3v) is 5.66. The van der Waals surface area contributed by atoms with Crippen molar-refractivity contribution in [3.05, 3.63) is 72.4 Å². The number of allylic oxidation sites excluding steroid dienone is 1.